The molecule has 0 heterocycles. The zero-order valence-electron chi connectivity index (χ0n) is 51.0. The zero-order valence-corrected chi connectivity index (χ0v) is 52.0. The van der Waals surface area contributed by atoms with Crippen molar-refractivity contribution in [3.05, 3.63) is 59.7 Å². The van der Waals surface area contributed by atoms with Crippen LogP contribution in [0.15, 0.2) is 58.5 Å². The average molecular weight is 1080 g/mol. The molecule has 0 spiro atoms. The summed E-state index contributed by atoms with van der Waals surface area (Å²) in [6.45, 7) is 9.24. The standard InChI is InChI=1S/C72H128N2.Ni/c1-5-9-13-16-19-21-23-25-27-29-31-33-35-37-39-41-43-45-47-49-52-55-67-59-63-69(64-60-67)73-71(57-12-8-4)72(58-54-51-18-15-11-7-3)74-70-65-61-68(62-66-70)56-53-50-48-46-44-42-40-38-36-34-32-30-28-26-24-22-20-17-14-10-6-2;/h59-66H,5-58H2,1-4H3;. The maximum Gasteiger partial charge on any atom is 0.0633 e. The first-order valence-corrected chi connectivity index (χ1v) is 34.0. The molecule has 0 atom stereocenters. The minimum absolute atomic E-state index is 0. The monoisotopic (exact) mass is 1080 g/mol. The van der Waals surface area contributed by atoms with Crippen molar-refractivity contribution in [2.45, 2.75) is 374 Å². The second-order valence-corrected chi connectivity index (χ2v) is 23.7. The van der Waals surface area contributed by atoms with E-state index in [2.05, 4.69) is 76.2 Å². The molecule has 75 heavy (non-hydrogen) atoms. The van der Waals surface area contributed by atoms with Crippen LogP contribution in [0.2, 0.25) is 0 Å². The molecule has 2 nitrogen and oxygen atoms in total. The fourth-order valence-corrected chi connectivity index (χ4v) is 11.3. The Hall–Kier alpha value is -1.73. The number of aliphatic imine (C=N–C) groups is 2. The van der Waals surface area contributed by atoms with Gasteiger partial charge in [0.25, 0.3) is 0 Å². The van der Waals surface area contributed by atoms with E-state index < -0.39 is 0 Å². The Bertz CT molecular complexity index is 1490. The van der Waals surface area contributed by atoms with Crippen LogP contribution in [0.5, 0.6) is 0 Å². The maximum atomic E-state index is 5.39. The third-order valence-electron chi connectivity index (χ3n) is 16.4. The summed E-state index contributed by atoms with van der Waals surface area (Å²) in [5.41, 5.74) is 7.54. The second-order valence-electron chi connectivity index (χ2n) is 23.7. The fraction of sp³-hybridized carbons (Fsp3) is 0.806. The fourth-order valence-electron chi connectivity index (χ4n) is 11.3. The van der Waals surface area contributed by atoms with E-state index in [9.17, 15) is 0 Å². The summed E-state index contributed by atoms with van der Waals surface area (Å²) in [5.74, 6) is 0. The molecule has 0 saturated heterocycles. The molecule has 0 aromatic heterocycles. The Morgan fingerprint density at radius 3 is 0.640 bits per heavy atom. The van der Waals surface area contributed by atoms with E-state index in [4.69, 9.17) is 9.98 Å². The number of rotatable bonds is 57. The van der Waals surface area contributed by atoms with Gasteiger partial charge >= 0.3 is 0 Å². The number of hydrogen-bond acceptors (Lipinski definition) is 2. The summed E-state index contributed by atoms with van der Waals surface area (Å²) in [4.78, 5) is 10.8. The first-order chi connectivity index (χ1) is 36.7. The van der Waals surface area contributed by atoms with Crippen LogP contribution >= 0.6 is 0 Å². The molecule has 2 rings (SSSR count). The van der Waals surface area contributed by atoms with Crippen LogP contribution < -0.4 is 0 Å². The van der Waals surface area contributed by atoms with Gasteiger partial charge in [-0.1, -0.05) is 347 Å². The Morgan fingerprint density at radius 1 is 0.227 bits per heavy atom. The van der Waals surface area contributed by atoms with Crippen LogP contribution in [0.4, 0.5) is 11.4 Å². The maximum absolute atomic E-state index is 5.39. The SMILES string of the molecule is CCCCCCCCCCCCCCCCCCCCCCCc1ccc(N=C(CCCC)C(CCCCCCCC)=Nc2ccc(CCCCCCCCCCCCCCCCCCCCCCC)cc2)cc1.[Ni]. The number of unbranched alkanes of at least 4 members (excludes halogenated alkanes) is 46. The van der Waals surface area contributed by atoms with Gasteiger partial charge in [-0.15, -0.1) is 0 Å². The number of benzene rings is 2. The molecule has 0 bridgehead atoms. The minimum Gasteiger partial charge on any atom is -0.252 e. The van der Waals surface area contributed by atoms with Crippen LogP contribution in [0.3, 0.4) is 0 Å². The van der Waals surface area contributed by atoms with E-state index in [1.165, 1.54) is 350 Å². The molecule has 0 N–H and O–H groups in total. The largest absolute Gasteiger partial charge is 0.252 e. The average Bonchev–Trinajstić information content (AvgIpc) is 3.42. The van der Waals surface area contributed by atoms with Gasteiger partial charge in [-0.2, -0.15) is 0 Å². The molecule has 0 fully saturated rings. The van der Waals surface area contributed by atoms with Gasteiger partial charge in [0.05, 0.1) is 22.8 Å². The van der Waals surface area contributed by atoms with Crippen LogP contribution in [0.25, 0.3) is 0 Å². The van der Waals surface area contributed by atoms with Gasteiger partial charge < -0.3 is 0 Å². The molecule has 2 aromatic carbocycles. The van der Waals surface area contributed by atoms with Crippen LogP contribution in [-0.4, -0.2) is 11.4 Å². The molecule has 0 aliphatic rings. The molecular weight excluding hydrogens is 951 g/mol. The predicted molar refractivity (Wildman–Crippen MR) is 337 cm³/mol. The predicted octanol–water partition coefficient (Wildman–Crippen LogP) is 26.0. The number of hydrogen-bond donors (Lipinski definition) is 0. The molecule has 3 heteroatoms. The molecule has 0 radical (unpaired) electrons. The van der Waals surface area contributed by atoms with E-state index in [0.717, 1.165) is 30.6 Å². The van der Waals surface area contributed by atoms with Crippen molar-refractivity contribution in [2.24, 2.45) is 9.98 Å². The van der Waals surface area contributed by atoms with Gasteiger partial charge in [-0.25, -0.2) is 0 Å². The Labute approximate surface area is 480 Å². The van der Waals surface area contributed by atoms with Gasteiger partial charge in [0, 0.05) is 16.5 Å². The van der Waals surface area contributed by atoms with Crippen molar-refractivity contribution in [1.82, 2.24) is 0 Å². The van der Waals surface area contributed by atoms with Crippen molar-refractivity contribution in [3.8, 4) is 0 Å². The molecular formula is C72H128N2Ni. The third kappa shape index (κ3) is 45.8. The Kier molecular flexibility index (Phi) is 54.2. The first-order valence-electron chi connectivity index (χ1n) is 34.0. The molecule has 0 amide bonds. The topological polar surface area (TPSA) is 24.7 Å². The molecule has 2 aromatic rings. The van der Waals surface area contributed by atoms with Gasteiger partial charge in [-0.05, 0) is 86.8 Å². The summed E-state index contributed by atoms with van der Waals surface area (Å²) in [7, 11) is 0. The summed E-state index contributed by atoms with van der Waals surface area (Å²) < 4.78 is 0. The third-order valence-corrected chi connectivity index (χ3v) is 16.4. The van der Waals surface area contributed by atoms with E-state index in [1.807, 2.05) is 0 Å². The van der Waals surface area contributed by atoms with Crippen molar-refractivity contribution in [1.29, 1.82) is 0 Å². The van der Waals surface area contributed by atoms with Gasteiger partial charge in [0.15, 0.2) is 0 Å². The summed E-state index contributed by atoms with van der Waals surface area (Å²) >= 11 is 0. The Balaban J connectivity index is 0.0000281. The Morgan fingerprint density at radius 2 is 0.413 bits per heavy atom. The molecule has 0 aliphatic heterocycles. The van der Waals surface area contributed by atoms with Crippen LogP contribution in [-0.2, 0) is 29.3 Å². The quantitative estimate of drug-likeness (QED) is 0.0358. The van der Waals surface area contributed by atoms with E-state index in [-0.39, 0.29) is 16.5 Å². The first kappa shape index (κ1) is 71.3. The van der Waals surface area contributed by atoms with E-state index >= 15 is 0 Å². The molecule has 0 aliphatic carbocycles. The minimum atomic E-state index is 0. The van der Waals surface area contributed by atoms with E-state index in [0.29, 0.717) is 0 Å². The van der Waals surface area contributed by atoms with Crippen molar-refractivity contribution < 1.29 is 16.5 Å². The van der Waals surface area contributed by atoms with Crippen molar-refractivity contribution in [2.75, 3.05) is 0 Å². The summed E-state index contributed by atoms with van der Waals surface area (Å²) in [6, 6.07) is 18.5. The molecule has 0 unspecified atom stereocenters. The van der Waals surface area contributed by atoms with Gasteiger partial charge in [0.1, 0.15) is 0 Å². The van der Waals surface area contributed by atoms with Crippen LogP contribution in [0, 0.1) is 0 Å². The smallest absolute Gasteiger partial charge is 0.0633 e. The second kappa shape index (κ2) is 57.0. The van der Waals surface area contributed by atoms with Gasteiger partial charge in [-0.3, -0.25) is 9.98 Å². The number of aryl methyl sites for hydroxylation is 2. The van der Waals surface area contributed by atoms with Crippen LogP contribution in [0.1, 0.15) is 373 Å². The normalized spacial score (nSPS) is 12.0. The summed E-state index contributed by atoms with van der Waals surface area (Å²) in [6.07, 6.45) is 75.0. The summed E-state index contributed by atoms with van der Waals surface area (Å²) in [5, 5.41) is 0. The van der Waals surface area contributed by atoms with Crippen molar-refractivity contribution >= 4 is 22.8 Å². The van der Waals surface area contributed by atoms with E-state index in [1.54, 1.807) is 0 Å². The number of nitrogens with zero attached hydrogens (tertiary/aromatic N) is 2. The molecule has 436 valence electrons. The molecule has 0 saturated carbocycles. The van der Waals surface area contributed by atoms with Gasteiger partial charge in [0.2, 0.25) is 0 Å². The van der Waals surface area contributed by atoms with Crippen molar-refractivity contribution in [3.63, 3.8) is 0 Å². The zero-order chi connectivity index (χ0) is 52.7.